The molecule has 21 heavy (non-hydrogen) atoms. The molecule has 0 atom stereocenters. The van der Waals surface area contributed by atoms with Crippen LogP contribution < -0.4 is 10.1 Å². The van der Waals surface area contributed by atoms with Gasteiger partial charge in [0, 0.05) is 25.2 Å². The monoisotopic (exact) mass is 294 g/mol. The van der Waals surface area contributed by atoms with Gasteiger partial charge in [-0.1, -0.05) is 6.07 Å². The predicted molar refractivity (Wildman–Crippen MR) is 84.0 cm³/mol. The zero-order valence-electron chi connectivity index (χ0n) is 13.5. The van der Waals surface area contributed by atoms with E-state index in [1.807, 2.05) is 0 Å². The van der Waals surface area contributed by atoms with E-state index in [1.54, 1.807) is 18.2 Å². The van der Waals surface area contributed by atoms with Gasteiger partial charge < -0.3 is 15.2 Å². The predicted octanol–water partition coefficient (Wildman–Crippen LogP) is 2.25. The summed E-state index contributed by atoms with van der Waals surface area (Å²) in [4.78, 5) is 14.4. The second-order valence-corrected chi connectivity index (χ2v) is 5.54. The largest absolute Gasteiger partial charge is 0.504 e. The van der Waals surface area contributed by atoms with E-state index in [-0.39, 0.29) is 17.2 Å². The van der Waals surface area contributed by atoms with Crippen molar-refractivity contribution in [3.8, 4) is 11.5 Å². The average molecular weight is 294 g/mol. The Labute approximate surface area is 126 Å². The van der Waals surface area contributed by atoms with Gasteiger partial charge in [-0.3, -0.25) is 9.69 Å². The van der Waals surface area contributed by atoms with Crippen molar-refractivity contribution in [1.29, 1.82) is 0 Å². The molecule has 0 aliphatic carbocycles. The number of benzene rings is 1. The fourth-order valence-corrected chi connectivity index (χ4v) is 2.38. The molecule has 0 fully saturated rings. The van der Waals surface area contributed by atoms with Gasteiger partial charge in [-0.15, -0.1) is 0 Å². The summed E-state index contributed by atoms with van der Waals surface area (Å²) >= 11 is 0. The first-order chi connectivity index (χ1) is 9.88. The molecule has 0 spiro atoms. The number of amides is 1. The van der Waals surface area contributed by atoms with Gasteiger partial charge in [0.25, 0.3) is 5.91 Å². The number of nitrogens with one attached hydrogen (secondary N) is 1. The fourth-order valence-electron chi connectivity index (χ4n) is 2.38. The normalized spacial score (nSPS) is 11.2. The molecule has 5 nitrogen and oxygen atoms in total. The molecule has 1 amide bonds. The summed E-state index contributed by atoms with van der Waals surface area (Å²) in [6, 6.07) is 5.72. The van der Waals surface area contributed by atoms with Crippen molar-refractivity contribution in [2.45, 2.75) is 39.8 Å². The molecule has 1 aromatic carbocycles. The second kappa shape index (κ2) is 7.88. The highest BCUT2D eigenvalue weighted by molar-refractivity contribution is 5.97. The smallest absolute Gasteiger partial charge is 0.255 e. The SMILES string of the molecule is COc1cccc(C(=O)NCCN(C(C)C)C(C)C)c1O. The van der Waals surface area contributed by atoms with E-state index < -0.39 is 0 Å². The highest BCUT2D eigenvalue weighted by atomic mass is 16.5. The lowest BCUT2D eigenvalue weighted by Crippen LogP contribution is -2.42. The zero-order valence-corrected chi connectivity index (χ0v) is 13.5. The molecule has 0 bridgehead atoms. The maximum absolute atomic E-state index is 12.1. The van der Waals surface area contributed by atoms with E-state index in [9.17, 15) is 9.90 Å². The van der Waals surface area contributed by atoms with Gasteiger partial charge in [-0.25, -0.2) is 0 Å². The number of hydrogen-bond donors (Lipinski definition) is 2. The molecule has 0 unspecified atom stereocenters. The lowest BCUT2D eigenvalue weighted by atomic mass is 10.1. The minimum Gasteiger partial charge on any atom is -0.504 e. The van der Waals surface area contributed by atoms with Crippen LogP contribution in [0.1, 0.15) is 38.1 Å². The number of para-hydroxylation sites is 1. The Kier molecular flexibility index (Phi) is 6.49. The summed E-state index contributed by atoms with van der Waals surface area (Å²) in [5.74, 6) is -0.116. The lowest BCUT2D eigenvalue weighted by molar-refractivity contribution is 0.0936. The van der Waals surface area contributed by atoms with Gasteiger partial charge in [0.05, 0.1) is 12.7 Å². The van der Waals surface area contributed by atoms with Gasteiger partial charge in [-0.2, -0.15) is 0 Å². The van der Waals surface area contributed by atoms with Crippen molar-refractivity contribution in [2.75, 3.05) is 20.2 Å². The Balaban J connectivity index is 2.62. The van der Waals surface area contributed by atoms with Crippen molar-refractivity contribution < 1.29 is 14.6 Å². The molecule has 1 aromatic rings. The molecule has 0 aliphatic heterocycles. The van der Waals surface area contributed by atoms with Crippen molar-refractivity contribution in [2.24, 2.45) is 0 Å². The molecular formula is C16H26N2O3. The van der Waals surface area contributed by atoms with Crippen LogP contribution in [-0.2, 0) is 0 Å². The number of carbonyl (C=O) groups excluding carboxylic acids is 1. The van der Waals surface area contributed by atoms with Crippen molar-refractivity contribution in [3.05, 3.63) is 23.8 Å². The van der Waals surface area contributed by atoms with E-state index in [2.05, 4.69) is 37.9 Å². The Hall–Kier alpha value is -1.75. The van der Waals surface area contributed by atoms with Crippen LogP contribution >= 0.6 is 0 Å². The molecule has 0 radical (unpaired) electrons. The molecule has 0 aromatic heterocycles. The summed E-state index contributed by atoms with van der Waals surface area (Å²) in [6.07, 6.45) is 0. The number of aromatic hydroxyl groups is 1. The summed E-state index contributed by atoms with van der Waals surface area (Å²) in [5.41, 5.74) is 0.231. The van der Waals surface area contributed by atoms with Crippen molar-refractivity contribution in [3.63, 3.8) is 0 Å². The standard InChI is InChI=1S/C16H26N2O3/c1-11(2)18(12(3)4)10-9-17-16(20)13-7-6-8-14(21-5)15(13)19/h6-8,11-12,19H,9-10H2,1-5H3,(H,17,20). The number of carbonyl (C=O) groups is 1. The quantitative estimate of drug-likeness (QED) is 0.809. The first-order valence-electron chi connectivity index (χ1n) is 7.28. The van der Waals surface area contributed by atoms with E-state index in [4.69, 9.17) is 4.74 Å². The molecule has 0 saturated heterocycles. The Bertz CT molecular complexity index is 465. The number of ether oxygens (including phenoxy) is 1. The molecule has 1 rings (SSSR count). The summed E-state index contributed by atoms with van der Waals surface area (Å²) < 4.78 is 5.00. The van der Waals surface area contributed by atoms with Crippen LogP contribution in [0.3, 0.4) is 0 Å². The summed E-state index contributed by atoms with van der Waals surface area (Å²) in [5, 5.41) is 12.8. The van der Waals surface area contributed by atoms with Crippen LogP contribution in [0.5, 0.6) is 11.5 Å². The van der Waals surface area contributed by atoms with E-state index >= 15 is 0 Å². The van der Waals surface area contributed by atoms with Gasteiger partial charge in [0.1, 0.15) is 0 Å². The molecule has 0 saturated carbocycles. The number of rotatable bonds is 7. The molecule has 118 valence electrons. The maximum Gasteiger partial charge on any atom is 0.255 e. The lowest BCUT2D eigenvalue weighted by Gasteiger charge is -2.30. The molecular weight excluding hydrogens is 268 g/mol. The van der Waals surface area contributed by atoms with E-state index in [0.717, 1.165) is 6.54 Å². The van der Waals surface area contributed by atoms with Crippen molar-refractivity contribution in [1.82, 2.24) is 10.2 Å². The molecule has 5 heteroatoms. The number of phenolic OH excluding ortho intramolecular Hbond substituents is 1. The van der Waals surface area contributed by atoms with Gasteiger partial charge in [0.15, 0.2) is 11.5 Å². The summed E-state index contributed by atoms with van der Waals surface area (Å²) in [7, 11) is 1.46. The van der Waals surface area contributed by atoms with Crippen LogP contribution in [0, 0.1) is 0 Å². The van der Waals surface area contributed by atoms with E-state index in [0.29, 0.717) is 24.4 Å². The Morgan fingerprint density at radius 3 is 2.43 bits per heavy atom. The average Bonchev–Trinajstić information content (AvgIpc) is 2.42. The number of hydrogen-bond acceptors (Lipinski definition) is 4. The third-order valence-corrected chi connectivity index (χ3v) is 3.45. The van der Waals surface area contributed by atoms with Crippen LogP contribution in [0.2, 0.25) is 0 Å². The van der Waals surface area contributed by atoms with Gasteiger partial charge in [0.2, 0.25) is 0 Å². The van der Waals surface area contributed by atoms with Gasteiger partial charge in [-0.05, 0) is 39.8 Å². The first kappa shape index (κ1) is 17.3. The molecule has 2 N–H and O–H groups in total. The highest BCUT2D eigenvalue weighted by Gasteiger charge is 2.16. The number of phenols is 1. The Morgan fingerprint density at radius 1 is 1.29 bits per heavy atom. The topological polar surface area (TPSA) is 61.8 Å². The van der Waals surface area contributed by atoms with E-state index in [1.165, 1.54) is 7.11 Å². The molecule has 0 heterocycles. The van der Waals surface area contributed by atoms with Crippen LogP contribution in [-0.4, -0.2) is 48.2 Å². The van der Waals surface area contributed by atoms with Gasteiger partial charge >= 0.3 is 0 Å². The van der Waals surface area contributed by atoms with Crippen LogP contribution in [0.15, 0.2) is 18.2 Å². The second-order valence-electron chi connectivity index (χ2n) is 5.54. The fraction of sp³-hybridized carbons (Fsp3) is 0.562. The third kappa shape index (κ3) is 4.63. The third-order valence-electron chi connectivity index (χ3n) is 3.45. The maximum atomic E-state index is 12.1. The van der Waals surface area contributed by atoms with Crippen LogP contribution in [0.4, 0.5) is 0 Å². The zero-order chi connectivity index (χ0) is 16.0. The minimum absolute atomic E-state index is 0.123. The minimum atomic E-state index is -0.293. The highest BCUT2D eigenvalue weighted by Crippen LogP contribution is 2.29. The molecule has 0 aliphatic rings. The first-order valence-corrected chi connectivity index (χ1v) is 7.28. The number of methoxy groups -OCH3 is 1. The van der Waals surface area contributed by atoms with Crippen LogP contribution in [0.25, 0.3) is 0 Å². The summed E-state index contributed by atoms with van der Waals surface area (Å²) in [6.45, 7) is 9.84. The van der Waals surface area contributed by atoms with Crippen molar-refractivity contribution >= 4 is 5.91 Å². The Morgan fingerprint density at radius 2 is 1.90 bits per heavy atom. The number of nitrogens with zero attached hydrogens (tertiary/aromatic N) is 1.